The quantitative estimate of drug-likeness (QED) is 0.542. The zero-order valence-electron chi connectivity index (χ0n) is 17.1. The third kappa shape index (κ3) is 6.38. The molecule has 1 aliphatic heterocycles. The van der Waals surface area contributed by atoms with Crippen molar-refractivity contribution in [2.75, 3.05) is 33.3 Å². The summed E-state index contributed by atoms with van der Waals surface area (Å²) in [4.78, 5) is 11.3. The van der Waals surface area contributed by atoms with Gasteiger partial charge in [0, 0.05) is 37.9 Å². The molecule has 27 heavy (non-hydrogen) atoms. The van der Waals surface area contributed by atoms with Crippen molar-refractivity contribution in [3.05, 3.63) is 23.9 Å². The van der Waals surface area contributed by atoms with Crippen LogP contribution in [0.3, 0.4) is 0 Å². The minimum atomic E-state index is 0.125. The normalized spacial score (nSPS) is 19.0. The van der Waals surface area contributed by atoms with E-state index in [0.29, 0.717) is 6.54 Å². The van der Waals surface area contributed by atoms with Gasteiger partial charge in [-0.1, -0.05) is 12.5 Å². The first-order valence-electron chi connectivity index (χ1n) is 10.3. The van der Waals surface area contributed by atoms with E-state index < -0.39 is 0 Å². The van der Waals surface area contributed by atoms with Crippen LogP contribution in [0.5, 0.6) is 5.88 Å². The lowest BCUT2D eigenvalue weighted by Gasteiger charge is -2.41. The number of rotatable bonds is 8. The summed E-state index contributed by atoms with van der Waals surface area (Å²) in [6, 6.07) is 4.02. The third-order valence-electron chi connectivity index (χ3n) is 5.55. The van der Waals surface area contributed by atoms with E-state index in [0.717, 1.165) is 36.5 Å². The number of nitrogens with zero attached hydrogens (tertiary/aromatic N) is 3. The largest absolute Gasteiger partial charge is 0.477 e. The lowest BCUT2D eigenvalue weighted by atomic mass is 9.98. The summed E-state index contributed by atoms with van der Waals surface area (Å²) in [7, 11) is 1.82. The average Bonchev–Trinajstić information content (AvgIpc) is 3.52. The molecule has 1 saturated carbocycles. The molecule has 2 aliphatic rings. The van der Waals surface area contributed by atoms with Gasteiger partial charge in [-0.25, -0.2) is 4.98 Å². The van der Waals surface area contributed by atoms with Gasteiger partial charge in [0.15, 0.2) is 5.96 Å². The Morgan fingerprint density at radius 1 is 1.22 bits per heavy atom. The molecule has 2 fully saturated rings. The molecule has 1 saturated heterocycles. The fraction of sp³-hybridized carbons (Fsp3) is 0.714. The number of hydrogen-bond acceptors (Lipinski definition) is 4. The van der Waals surface area contributed by atoms with Gasteiger partial charge >= 0.3 is 0 Å². The topological polar surface area (TPSA) is 61.8 Å². The van der Waals surface area contributed by atoms with Crippen LogP contribution in [0.4, 0.5) is 0 Å². The monoisotopic (exact) mass is 373 g/mol. The highest BCUT2D eigenvalue weighted by Crippen LogP contribution is 2.29. The van der Waals surface area contributed by atoms with Crippen LogP contribution in [-0.4, -0.2) is 54.7 Å². The molecule has 1 aliphatic carbocycles. The van der Waals surface area contributed by atoms with E-state index in [9.17, 15) is 0 Å². The lowest BCUT2D eigenvalue weighted by molar-refractivity contribution is 0.0982. The molecule has 0 unspecified atom stereocenters. The summed E-state index contributed by atoms with van der Waals surface area (Å²) in [5.41, 5.74) is 1.24. The van der Waals surface area contributed by atoms with Crippen LogP contribution >= 0.6 is 0 Å². The number of aromatic nitrogens is 1. The number of ether oxygens (including phenoxy) is 1. The Hall–Kier alpha value is -1.82. The Bertz CT molecular complexity index is 604. The Labute approximate surface area is 163 Å². The lowest BCUT2D eigenvalue weighted by Crippen LogP contribution is -2.54. The Morgan fingerprint density at radius 2 is 2.00 bits per heavy atom. The van der Waals surface area contributed by atoms with Crippen LogP contribution in [-0.2, 0) is 6.54 Å². The summed E-state index contributed by atoms with van der Waals surface area (Å²) in [6.07, 6.45) is 8.45. The summed E-state index contributed by atoms with van der Waals surface area (Å²) in [6.45, 7) is 9.38. The molecule has 2 heterocycles. The molecule has 6 heteroatoms. The number of nitrogens with one attached hydrogen (secondary N) is 2. The Balaban J connectivity index is 1.41. The molecule has 2 N–H and O–H groups in total. The van der Waals surface area contributed by atoms with E-state index in [4.69, 9.17) is 4.74 Å². The number of pyridine rings is 1. The summed E-state index contributed by atoms with van der Waals surface area (Å²) in [5.74, 6) is 2.29. The molecule has 0 radical (unpaired) electrons. The Kier molecular flexibility index (Phi) is 6.94. The van der Waals surface area contributed by atoms with Crippen molar-refractivity contribution in [1.82, 2.24) is 20.5 Å². The SMILES string of the molecule is CN=C(NCc1ccc(OCC2CC2)nc1)NCC(C)(C)N1CCCCC1. The minimum Gasteiger partial charge on any atom is -0.477 e. The molecule has 0 bridgehead atoms. The second kappa shape index (κ2) is 9.40. The minimum absolute atomic E-state index is 0.125. The second-order valence-corrected chi connectivity index (χ2v) is 8.40. The zero-order chi connectivity index (χ0) is 19.1. The van der Waals surface area contributed by atoms with E-state index >= 15 is 0 Å². The van der Waals surface area contributed by atoms with E-state index in [2.05, 4.69) is 45.4 Å². The molecule has 0 atom stereocenters. The van der Waals surface area contributed by atoms with Crippen molar-refractivity contribution in [2.24, 2.45) is 10.9 Å². The predicted molar refractivity (Wildman–Crippen MR) is 110 cm³/mol. The third-order valence-corrected chi connectivity index (χ3v) is 5.55. The Morgan fingerprint density at radius 3 is 2.63 bits per heavy atom. The fourth-order valence-electron chi connectivity index (χ4n) is 3.41. The van der Waals surface area contributed by atoms with Gasteiger partial charge in [-0.2, -0.15) is 0 Å². The van der Waals surface area contributed by atoms with Crippen molar-refractivity contribution >= 4 is 5.96 Å². The van der Waals surface area contributed by atoms with E-state index in [1.165, 1.54) is 45.2 Å². The maximum Gasteiger partial charge on any atom is 0.213 e. The van der Waals surface area contributed by atoms with Gasteiger partial charge in [0.2, 0.25) is 5.88 Å². The molecule has 150 valence electrons. The number of hydrogen-bond donors (Lipinski definition) is 2. The molecule has 3 rings (SSSR count). The summed E-state index contributed by atoms with van der Waals surface area (Å²) in [5, 5.41) is 6.86. The highest BCUT2D eigenvalue weighted by atomic mass is 16.5. The second-order valence-electron chi connectivity index (χ2n) is 8.40. The molecule has 0 amide bonds. The number of guanidine groups is 1. The van der Waals surface area contributed by atoms with Gasteiger partial charge in [0.25, 0.3) is 0 Å². The van der Waals surface area contributed by atoms with E-state index in [1.54, 1.807) is 0 Å². The first-order valence-corrected chi connectivity index (χ1v) is 10.3. The van der Waals surface area contributed by atoms with Crippen LogP contribution in [0.25, 0.3) is 0 Å². The van der Waals surface area contributed by atoms with E-state index in [-0.39, 0.29) is 5.54 Å². The maximum absolute atomic E-state index is 5.69. The first kappa shape index (κ1) is 19.9. The van der Waals surface area contributed by atoms with Crippen molar-refractivity contribution in [2.45, 2.75) is 58.0 Å². The fourth-order valence-corrected chi connectivity index (χ4v) is 3.41. The van der Waals surface area contributed by atoms with Crippen LogP contribution in [0.15, 0.2) is 23.3 Å². The molecule has 1 aromatic heterocycles. The van der Waals surface area contributed by atoms with Crippen LogP contribution in [0.1, 0.15) is 51.5 Å². The van der Waals surface area contributed by atoms with Crippen LogP contribution < -0.4 is 15.4 Å². The molecular formula is C21H35N5O. The van der Waals surface area contributed by atoms with Crippen LogP contribution in [0.2, 0.25) is 0 Å². The maximum atomic E-state index is 5.69. The van der Waals surface area contributed by atoms with Crippen molar-refractivity contribution < 1.29 is 4.74 Å². The summed E-state index contributed by atoms with van der Waals surface area (Å²) >= 11 is 0. The average molecular weight is 374 g/mol. The van der Waals surface area contributed by atoms with Gasteiger partial charge in [0.1, 0.15) is 0 Å². The zero-order valence-corrected chi connectivity index (χ0v) is 17.1. The smallest absolute Gasteiger partial charge is 0.213 e. The van der Waals surface area contributed by atoms with Crippen molar-refractivity contribution in [1.29, 1.82) is 0 Å². The molecule has 0 spiro atoms. The molecule has 1 aromatic rings. The first-order chi connectivity index (χ1) is 13.1. The molecule has 0 aromatic carbocycles. The van der Waals surface area contributed by atoms with Crippen molar-refractivity contribution in [3.63, 3.8) is 0 Å². The van der Waals surface area contributed by atoms with Gasteiger partial charge in [-0.05, 0) is 64.1 Å². The number of likely N-dealkylation sites (tertiary alicyclic amines) is 1. The standard InChI is InChI=1S/C21H35N5O/c1-21(2,26-11-5-4-6-12-26)16-25-20(22-3)24-14-18-9-10-19(23-13-18)27-15-17-7-8-17/h9-10,13,17H,4-8,11-12,14-16H2,1-3H3,(H2,22,24,25). The molecule has 6 nitrogen and oxygen atoms in total. The van der Waals surface area contributed by atoms with Crippen molar-refractivity contribution in [3.8, 4) is 5.88 Å². The summed E-state index contributed by atoms with van der Waals surface area (Å²) < 4.78 is 5.69. The van der Waals surface area contributed by atoms with Gasteiger partial charge < -0.3 is 15.4 Å². The molecular weight excluding hydrogens is 338 g/mol. The van der Waals surface area contributed by atoms with Gasteiger partial charge in [-0.3, -0.25) is 9.89 Å². The van der Waals surface area contributed by atoms with E-state index in [1.807, 2.05) is 19.3 Å². The highest BCUT2D eigenvalue weighted by Gasteiger charge is 2.27. The number of piperidine rings is 1. The van der Waals surface area contributed by atoms with Gasteiger partial charge in [-0.15, -0.1) is 0 Å². The van der Waals surface area contributed by atoms with Gasteiger partial charge in [0.05, 0.1) is 6.61 Å². The predicted octanol–water partition coefficient (Wildman–Crippen LogP) is 2.80. The number of aliphatic imine (C=N–C) groups is 1. The highest BCUT2D eigenvalue weighted by molar-refractivity contribution is 5.79. The van der Waals surface area contributed by atoms with Crippen LogP contribution in [0, 0.1) is 5.92 Å².